The number of methoxy groups -OCH3 is 1. The molecule has 0 saturated carbocycles. The van der Waals surface area contributed by atoms with Crippen LogP contribution in [0.2, 0.25) is 15.1 Å². The fraction of sp³-hybridized carbons (Fsp3) is 0.167. The fourth-order valence-electron chi connectivity index (χ4n) is 3.28. The Morgan fingerprint density at radius 1 is 1.00 bits per heavy atom. The van der Waals surface area contributed by atoms with Crippen LogP contribution in [-0.4, -0.2) is 39.2 Å². The number of thiocarbonyl (C=S) groups is 1. The Hall–Kier alpha value is -3.11. The Bertz CT molecular complexity index is 1480. The maximum absolute atomic E-state index is 12.6. The number of fused-ring (bicyclic) bond motifs is 1. The number of ether oxygens (including phenoxy) is 2. The lowest BCUT2D eigenvalue weighted by Gasteiger charge is -2.17. The van der Waals surface area contributed by atoms with Crippen molar-refractivity contribution in [1.29, 1.82) is 0 Å². The van der Waals surface area contributed by atoms with Gasteiger partial charge in [0.05, 0.1) is 22.8 Å². The van der Waals surface area contributed by atoms with E-state index in [1.165, 1.54) is 10.9 Å². The van der Waals surface area contributed by atoms with E-state index in [9.17, 15) is 4.79 Å². The SMILES string of the molecule is COc1ccc(-n2nc3cc(C)c(NC(=S)NC(=O)C(C)Oc4ccc(Cl)cc4Cl)cc3n2)cc1Cl. The quantitative estimate of drug-likeness (QED) is 0.279. The average molecular weight is 565 g/mol. The highest BCUT2D eigenvalue weighted by Gasteiger charge is 2.18. The normalized spacial score (nSPS) is 11.7. The van der Waals surface area contributed by atoms with Gasteiger partial charge in [-0.15, -0.1) is 10.2 Å². The molecule has 1 heterocycles. The molecule has 36 heavy (non-hydrogen) atoms. The van der Waals surface area contributed by atoms with E-state index in [1.807, 2.05) is 13.0 Å². The molecule has 0 saturated heterocycles. The molecule has 1 atom stereocenters. The van der Waals surface area contributed by atoms with Gasteiger partial charge in [-0.3, -0.25) is 10.1 Å². The van der Waals surface area contributed by atoms with Gasteiger partial charge in [-0.2, -0.15) is 4.80 Å². The van der Waals surface area contributed by atoms with Crippen molar-refractivity contribution in [3.63, 3.8) is 0 Å². The minimum absolute atomic E-state index is 0.106. The lowest BCUT2D eigenvalue weighted by molar-refractivity contribution is -0.125. The molecule has 3 aromatic carbocycles. The van der Waals surface area contributed by atoms with E-state index in [1.54, 1.807) is 50.4 Å². The largest absolute Gasteiger partial charge is 0.495 e. The van der Waals surface area contributed by atoms with Gasteiger partial charge in [0, 0.05) is 10.7 Å². The maximum atomic E-state index is 12.6. The third-order valence-corrected chi connectivity index (χ3v) is 6.17. The third kappa shape index (κ3) is 5.82. The van der Waals surface area contributed by atoms with E-state index < -0.39 is 12.0 Å². The second-order valence-electron chi connectivity index (χ2n) is 7.74. The number of nitrogens with one attached hydrogen (secondary N) is 2. The molecule has 4 rings (SSSR count). The van der Waals surface area contributed by atoms with E-state index in [0.717, 1.165) is 5.56 Å². The topological polar surface area (TPSA) is 90.3 Å². The molecule has 0 radical (unpaired) electrons. The van der Waals surface area contributed by atoms with Gasteiger partial charge in [0.15, 0.2) is 11.2 Å². The van der Waals surface area contributed by atoms with Gasteiger partial charge in [0.2, 0.25) is 0 Å². The summed E-state index contributed by atoms with van der Waals surface area (Å²) in [4.78, 5) is 14.1. The lowest BCUT2D eigenvalue weighted by atomic mass is 10.2. The van der Waals surface area contributed by atoms with Gasteiger partial charge < -0.3 is 14.8 Å². The van der Waals surface area contributed by atoms with Crippen molar-refractivity contribution >= 4 is 74.8 Å². The van der Waals surface area contributed by atoms with Crippen LogP contribution < -0.4 is 20.1 Å². The summed E-state index contributed by atoms with van der Waals surface area (Å²) >= 11 is 23.6. The predicted octanol–water partition coefficient (Wildman–Crippen LogP) is 5.98. The monoisotopic (exact) mass is 563 g/mol. The summed E-state index contributed by atoms with van der Waals surface area (Å²) in [5.74, 6) is 0.454. The molecule has 0 aliphatic heterocycles. The number of nitrogens with zero attached hydrogens (tertiary/aromatic N) is 3. The van der Waals surface area contributed by atoms with Crippen molar-refractivity contribution in [2.24, 2.45) is 0 Å². The van der Waals surface area contributed by atoms with Crippen LogP contribution in [0.1, 0.15) is 12.5 Å². The Labute approximate surface area is 227 Å². The summed E-state index contributed by atoms with van der Waals surface area (Å²) in [6.45, 7) is 3.48. The predicted molar refractivity (Wildman–Crippen MR) is 146 cm³/mol. The first-order chi connectivity index (χ1) is 17.1. The number of carbonyl (C=O) groups excluding carboxylic acids is 1. The number of carbonyl (C=O) groups is 1. The average Bonchev–Trinajstić information content (AvgIpc) is 3.23. The van der Waals surface area contributed by atoms with Gasteiger partial charge in [-0.1, -0.05) is 34.8 Å². The third-order valence-electron chi connectivity index (χ3n) is 5.14. The molecule has 0 aliphatic carbocycles. The Morgan fingerprint density at radius 2 is 1.67 bits per heavy atom. The minimum atomic E-state index is -0.858. The molecule has 1 aromatic heterocycles. The summed E-state index contributed by atoms with van der Waals surface area (Å²) < 4.78 is 10.8. The standard InChI is InChI=1S/C24H20Cl3N5O3S/c1-12-8-19-20(31-32(30-19)15-5-7-21(34-3)17(27)10-15)11-18(12)28-24(36)29-23(33)13(2)35-22-6-4-14(25)9-16(22)26/h4-11,13H,1-3H3,(H2,28,29,33,36). The number of aryl methyl sites for hydroxylation is 1. The maximum Gasteiger partial charge on any atom is 0.266 e. The number of rotatable bonds is 6. The second-order valence-corrected chi connectivity index (χ2v) is 9.40. The summed E-state index contributed by atoms with van der Waals surface area (Å²) in [7, 11) is 1.55. The van der Waals surface area contributed by atoms with Crippen molar-refractivity contribution in [2.45, 2.75) is 20.0 Å². The van der Waals surface area contributed by atoms with Crippen LogP contribution >= 0.6 is 47.0 Å². The molecule has 2 N–H and O–H groups in total. The van der Waals surface area contributed by atoms with Crippen molar-refractivity contribution in [3.05, 3.63) is 69.2 Å². The van der Waals surface area contributed by atoms with Gasteiger partial charge >= 0.3 is 0 Å². The molecule has 0 spiro atoms. The number of benzene rings is 3. The zero-order valence-electron chi connectivity index (χ0n) is 19.3. The van der Waals surface area contributed by atoms with Gasteiger partial charge in [0.25, 0.3) is 5.91 Å². The van der Waals surface area contributed by atoms with Gasteiger partial charge in [0.1, 0.15) is 22.5 Å². The molecule has 12 heteroatoms. The van der Waals surface area contributed by atoms with E-state index in [2.05, 4.69) is 20.8 Å². The van der Waals surface area contributed by atoms with Crippen LogP contribution in [0.5, 0.6) is 11.5 Å². The van der Waals surface area contributed by atoms with Crippen LogP contribution in [0, 0.1) is 6.92 Å². The molecule has 8 nitrogen and oxygen atoms in total. The highest BCUT2D eigenvalue weighted by atomic mass is 35.5. The van der Waals surface area contributed by atoms with Crippen molar-refractivity contribution < 1.29 is 14.3 Å². The zero-order valence-corrected chi connectivity index (χ0v) is 22.4. The minimum Gasteiger partial charge on any atom is -0.495 e. The van der Waals surface area contributed by atoms with E-state index in [4.69, 9.17) is 56.5 Å². The summed E-state index contributed by atoms with van der Waals surface area (Å²) in [5.41, 5.74) is 3.51. The van der Waals surface area contributed by atoms with Crippen LogP contribution in [0.15, 0.2) is 48.5 Å². The number of halogens is 3. The molecule has 0 fully saturated rings. The Balaban J connectivity index is 1.45. The fourth-order valence-corrected chi connectivity index (χ4v) is 4.20. The van der Waals surface area contributed by atoms with Crippen molar-refractivity contribution in [3.8, 4) is 17.2 Å². The molecule has 0 bridgehead atoms. The van der Waals surface area contributed by atoms with Crippen LogP contribution in [-0.2, 0) is 4.79 Å². The first-order valence-corrected chi connectivity index (χ1v) is 12.1. The first kappa shape index (κ1) is 26.0. The molecular formula is C24H20Cl3N5O3S. The van der Waals surface area contributed by atoms with Gasteiger partial charge in [-0.05, 0) is 80.2 Å². The van der Waals surface area contributed by atoms with Gasteiger partial charge in [-0.25, -0.2) is 0 Å². The number of hydrogen-bond acceptors (Lipinski definition) is 6. The molecule has 1 unspecified atom stereocenters. The number of hydrogen-bond donors (Lipinski definition) is 2. The summed E-state index contributed by atoms with van der Waals surface area (Å²) in [6, 6.07) is 13.7. The Morgan fingerprint density at radius 3 is 2.33 bits per heavy atom. The van der Waals surface area contributed by atoms with E-state index in [-0.39, 0.29) is 5.11 Å². The smallest absolute Gasteiger partial charge is 0.266 e. The summed E-state index contributed by atoms with van der Waals surface area (Å²) in [6.07, 6.45) is -0.858. The van der Waals surface area contributed by atoms with Crippen LogP contribution in [0.25, 0.3) is 16.7 Å². The number of amides is 1. The number of anilines is 1. The molecule has 4 aromatic rings. The van der Waals surface area contributed by atoms with Crippen molar-refractivity contribution in [2.75, 3.05) is 12.4 Å². The zero-order chi connectivity index (χ0) is 26.0. The van der Waals surface area contributed by atoms with Crippen LogP contribution in [0.4, 0.5) is 5.69 Å². The lowest BCUT2D eigenvalue weighted by Crippen LogP contribution is -2.42. The van der Waals surface area contributed by atoms with E-state index >= 15 is 0 Å². The van der Waals surface area contributed by atoms with Crippen molar-refractivity contribution in [1.82, 2.24) is 20.3 Å². The second kappa shape index (κ2) is 10.9. The molecular weight excluding hydrogens is 545 g/mol. The molecule has 0 aliphatic rings. The van der Waals surface area contributed by atoms with E-state index in [0.29, 0.717) is 49.0 Å². The number of aromatic nitrogens is 3. The highest BCUT2D eigenvalue weighted by molar-refractivity contribution is 7.80. The Kier molecular flexibility index (Phi) is 7.85. The van der Waals surface area contributed by atoms with Crippen LogP contribution in [0.3, 0.4) is 0 Å². The molecule has 1 amide bonds. The highest BCUT2D eigenvalue weighted by Crippen LogP contribution is 2.29. The summed E-state index contributed by atoms with van der Waals surface area (Å²) in [5, 5.41) is 16.0. The molecule has 186 valence electrons. The first-order valence-electron chi connectivity index (χ1n) is 10.6.